The third kappa shape index (κ3) is 2.94. The van der Waals surface area contributed by atoms with Gasteiger partial charge in [0.1, 0.15) is 5.82 Å². The molecule has 0 aromatic heterocycles. The van der Waals surface area contributed by atoms with Crippen molar-refractivity contribution in [2.24, 2.45) is 0 Å². The molecule has 0 N–H and O–H groups in total. The second kappa shape index (κ2) is 5.83. The number of aryl methyl sites for hydroxylation is 1. The fraction of sp³-hybridized carbons (Fsp3) is 0.467. The molecule has 1 aromatic carbocycles. The van der Waals surface area contributed by atoms with Crippen molar-refractivity contribution in [2.75, 3.05) is 0 Å². The molecule has 0 amide bonds. The molecular formula is C15H21F. The first-order chi connectivity index (χ1) is 7.60. The molecule has 88 valence electrons. The molecule has 16 heavy (non-hydrogen) atoms. The quantitative estimate of drug-likeness (QED) is 0.614. The van der Waals surface area contributed by atoms with Crippen LogP contribution in [0.2, 0.25) is 0 Å². The van der Waals surface area contributed by atoms with E-state index < -0.39 is 0 Å². The van der Waals surface area contributed by atoms with E-state index in [0.29, 0.717) is 5.92 Å². The first kappa shape index (κ1) is 13.0. The maximum absolute atomic E-state index is 13.2. The van der Waals surface area contributed by atoms with Crippen molar-refractivity contribution in [1.82, 2.24) is 0 Å². The summed E-state index contributed by atoms with van der Waals surface area (Å²) in [5.74, 6) is 0.260. The van der Waals surface area contributed by atoms with Gasteiger partial charge in [-0.15, -0.1) is 0 Å². The van der Waals surface area contributed by atoms with Gasteiger partial charge in [-0.25, -0.2) is 4.39 Å². The highest BCUT2D eigenvalue weighted by Crippen LogP contribution is 2.30. The molecule has 1 aromatic rings. The van der Waals surface area contributed by atoms with Gasteiger partial charge in [-0.1, -0.05) is 44.6 Å². The van der Waals surface area contributed by atoms with Crippen LogP contribution in [0.3, 0.4) is 0 Å². The summed E-state index contributed by atoms with van der Waals surface area (Å²) in [6.07, 6.45) is 3.21. The topological polar surface area (TPSA) is 0 Å². The Labute approximate surface area is 98.2 Å². The van der Waals surface area contributed by atoms with Gasteiger partial charge in [-0.3, -0.25) is 0 Å². The van der Waals surface area contributed by atoms with E-state index in [4.69, 9.17) is 0 Å². The van der Waals surface area contributed by atoms with E-state index in [1.807, 2.05) is 19.1 Å². The van der Waals surface area contributed by atoms with Crippen molar-refractivity contribution >= 4 is 0 Å². The smallest absolute Gasteiger partial charge is 0.126 e. The lowest BCUT2D eigenvalue weighted by molar-refractivity contribution is 0.613. The summed E-state index contributed by atoms with van der Waals surface area (Å²) in [5, 5.41) is 0. The highest BCUT2D eigenvalue weighted by atomic mass is 19.1. The standard InChI is InChI=1S/C15H21F/c1-5-7-14(11(3)6-2)13-8-9-15(16)12(4)10-13/h8-10,14H,3,5-7H2,1-2,4H3. The summed E-state index contributed by atoms with van der Waals surface area (Å²) < 4.78 is 13.2. The summed E-state index contributed by atoms with van der Waals surface area (Å²) >= 11 is 0. The Bertz CT molecular complexity index is 366. The van der Waals surface area contributed by atoms with Crippen LogP contribution in [0.1, 0.15) is 50.2 Å². The molecule has 0 saturated carbocycles. The van der Waals surface area contributed by atoms with Gasteiger partial charge in [-0.05, 0) is 37.0 Å². The van der Waals surface area contributed by atoms with Crippen molar-refractivity contribution in [2.45, 2.75) is 46.0 Å². The number of allylic oxidation sites excluding steroid dienone is 1. The number of hydrogen-bond donors (Lipinski definition) is 0. The zero-order valence-corrected chi connectivity index (χ0v) is 10.5. The zero-order valence-electron chi connectivity index (χ0n) is 10.5. The molecule has 0 aliphatic rings. The van der Waals surface area contributed by atoms with Crippen LogP contribution in [0.15, 0.2) is 30.4 Å². The summed E-state index contributed by atoms with van der Waals surface area (Å²) in [4.78, 5) is 0. The Morgan fingerprint density at radius 3 is 2.56 bits per heavy atom. The van der Waals surface area contributed by atoms with Crippen molar-refractivity contribution in [1.29, 1.82) is 0 Å². The summed E-state index contributed by atoms with van der Waals surface area (Å²) in [7, 11) is 0. The Kier molecular flexibility index (Phi) is 4.72. The maximum atomic E-state index is 13.2. The van der Waals surface area contributed by atoms with E-state index in [0.717, 1.165) is 24.8 Å². The van der Waals surface area contributed by atoms with Gasteiger partial charge in [0.05, 0.1) is 0 Å². The van der Waals surface area contributed by atoms with E-state index in [1.54, 1.807) is 6.07 Å². The number of hydrogen-bond acceptors (Lipinski definition) is 0. The van der Waals surface area contributed by atoms with Gasteiger partial charge in [0.2, 0.25) is 0 Å². The predicted molar refractivity (Wildman–Crippen MR) is 68.2 cm³/mol. The lowest BCUT2D eigenvalue weighted by atomic mass is 9.86. The van der Waals surface area contributed by atoms with Crippen LogP contribution in [-0.4, -0.2) is 0 Å². The fourth-order valence-electron chi connectivity index (χ4n) is 2.03. The molecule has 1 unspecified atom stereocenters. The van der Waals surface area contributed by atoms with Gasteiger partial charge in [0.25, 0.3) is 0 Å². The number of rotatable bonds is 5. The molecule has 0 radical (unpaired) electrons. The highest BCUT2D eigenvalue weighted by Gasteiger charge is 2.14. The van der Waals surface area contributed by atoms with Crippen LogP contribution in [0.5, 0.6) is 0 Å². The lowest BCUT2D eigenvalue weighted by Crippen LogP contribution is -2.02. The van der Waals surface area contributed by atoms with Crippen molar-refractivity contribution < 1.29 is 4.39 Å². The van der Waals surface area contributed by atoms with Gasteiger partial charge < -0.3 is 0 Å². The van der Waals surface area contributed by atoms with Gasteiger partial charge in [0.15, 0.2) is 0 Å². The Hall–Kier alpha value is -1.11. The van der Waals surface area contributed by atoms with Gasteiger partial charge in [-0.2, -0.15) is 0 Å². The number of benzene rings is 1. The zero-order chi connectivity index (χ0) is 12.1. The average Bonchev–Trinajstić information content (AvgIpc) is 2.29. The summed E-state index contributed by atoms with van der Waals surface area (Å²) in [6.45, 7) is 10.2. The van der Waals surface area contributed by atoms with E-state index in [1.165, 1.54) is 11.1 Å². The Balaban J connectivity index is 3.01. The minimum atomic E-state index is -0.124. The minimum Gasteiger partial charge on any atom is -0.207 e. The van der Waals surface area contributed by atoms with E-state index >= 15 is 0 Å². The molecule has 1 atom stereocenters. The molecule has 1 heteroatoms. The Morgan fingerprint density at radius 1 is 1.38 bits per heavy atom. The lowest BCUT2D eigenvalue weighted by Gasteiger charge is -2.19. The third-order valence-electron chi connectivity index (χ3n) is 3.11. The molecule has 0 fully saturated rings. The Morgan fingerprint density at radius 2 is 2.06 bits per heavy atom. The van der Waals surface area contributed by atoms with E-state index in [2.05, 4.69) is 20.4 Å². The van der Waals surface area contributed by atoms with Gasteiger partial charge in [0, 0.05) is 5.92 Å². The van der Waals surface area contributed by atoms with Crippen LogP contribution < -0.4 is 0 Å². The van der Waals surface area contributed by atoms with Crippen LogP contribution in [0.4, 0.5) is 4.39 Å². The molecular weight excluding hydrogens is 199 g/mol. The van der Waals surface area contributed by atoms with Crippen LogP contribution in [-0.2, 0) is 0 Å². The van der Waals surface area contributed by atoms with Crippen LogP contribution in [0.25, 0.3) is 0 Å². The molecule has 0 heterocycles. The minimum absolute atomic E-state index is 0.124. The average molecular weight is 220 g/mol. The molecule has 0 nitrogen and oxygen atoms in total. The first-order valence-electron chi connectivity index (χ1n) is 6.03. The van der Waals surface area contributed by atoms with E-state index in [-0.39, 0.29) is 5.82 Å². The van der Waals surface area contributed by atoms with Crippen LogP contribution >= 0.6 is 0 Å². The fourth-order valence-corrected chi connectivity index (χ4v) is 2.03. The van der Waals surface area contributed by atoms with Crippen molar-refractivity contribution in [3.8, 4) is 0 Å². The SMILES string of the molecule is C=C(CC)C(CCC)c1ccc(F)c(C)c1. The summed E-state index contributed by atoms with van der Waals surface area (Å²) in [6, 6.07) is 5.41. The van der Waals surface area contributed by atoms with Gasteiger partial charge >= 0.3 is 0 Å². The van der Waals surface area contributed by atoms with E-state index in [9.17, 15) is 4.39 Å². The highest BCUT2D eigenvalue weighted by molar-refractivity contribution is 5.31. The normalized spacial score (nSPS) is 12.5. The van der Waals surface area contributed by atoms with Crippen molar-refractivity contribution in [3.63, 3.8) is 0 Å². The predicted octanol–water partition coefficient (Wildman–Crippen LogP) is 4.98. The molecule has 0 bridgehead atoms. The van der Waals surface area contributed by atoms with Crippen LogP contribution in [0, 0.1) is 12.7 Å². The molecule has 0 spiro atoms. The first-order valence-corrected chi connectivity index (χ1v) is 6.03. The monoisotopic (exact) mass is 220 g/mol. The van der Waals surface area contributed by atoms with Crippen molar-refractivity contribution in [3.05, 3.63) is 47.3 Å². The molecule has 1 rings (SSSR count). The molecule has 0 aliphatic heterocycles. The third-order valence-corrected chi connectivity index (χ3v) is 3.11. The second-order valence-electron chi connectivity index (χ2n) is 4.36. The summed E-state index contributed by atoms with van der Waals surface area (Å²) in [5.41, 5.74) is 3.17. The molecule has 0 aliphatic carbocycles. The largest absolute Gasteiger partial charge is 0.207 e. The second-order valence-corrected chi connectivity index (χ2v) is 4.36. The number of halogens is 1. The maximum Gasteiger partial charge on any atom is 0.126 e. The molecule has 0 saturated heterocycles.